The van der Waals surface area contributed by atoms with Gasteiger partial charge in [-0.05, 0) is 84.9 Å². The molecule has 1 aromatic carbocycles. The SMILES string of the molecule is C=C1Oc2cc(CCCCC)cc(OP(=O)(NC(C)(C)C(O)OC(C)C)C(=O)OCC)c2C2C=C(C)CCC12. The van der Waals surface area contributed by atoms with Crippen molar-refractivity contribution in [1.29, 1.82) is 0 Å². The van der Waals surface area contributed by atoms with E-state index in [2.05, 4.69) is 31.6 Å². The predicted octanol–water partition coefficient (Wildman–Crippen LogP) is 7.61. The smallest absolute Gasteiger partial charge is 0.424 e. The number of hydrogen-bond donors (Lipinski definition) is 2. The summed E-state index contributed by atoms with van der Waals surface area (Å²) in [4.78, 5) is 13.2. The van der Waals surface area contributed by atoms with Crippen LogP contribution >= 0.6 is 7.52 Å². The molecule has 3 rings (SSSR count). The van der Waals surface area contributed by atoms with Crippen LogP contribution in [0.4, 0.5) is 4.79 Å². The largest absolute Gasteiger partial charge is 0.462 e. The second-order valence-electron chi connectivity index (χ2n) is 11.4. The number of aryl methyl sites for hydroxylation is 1. The number of allylic oxidation sites excluding steroid dienone is 3. The van der Waals surface area contributed by atoms with Crippen molar-refractivity contribution >= 4 is 13.2 Å². The molecule has 8 nitrogen and oxygen atoms in total. The summed E-state index contributed by atoms with van der Waals surface area (Å²) in [7, 11) is -4.39. The summed E-state index contributed by atoms with van der Waals surface area (Å²) in [6, 6.07) is 3.87. The minimum atomic E-state index is -4.39. The number of unbranched alkanes of at least 4 members (excludes halogenated alkanes) is 2. The lowest BCUT2D eigenvalue weighted by Crippen LogP contribution is -2.51. The predicted molar refractivity (Wildman–Crippen MR) is 153 cm³/mol. The first-order valence-electron chi connectivity index (χ1n) is 14.1. The van der Waals surface area contributed by atoms with Crippen molar-refractivity contribution in [2.24, 2.45) is 5.92 Å². The molecular formula is C30H46NO7P. The maximum absolute atomic E-state index is 14.4. The summed E-state index contributed by atoms with van der Waals surface area (Å²) in [6.07, 6.45) is 6.25. The van der Waals surface area contributed by atoms with Crippen LogP contribution in [0, 0.1) is 5.92 Å². The molecule has 0 saturated carbocycles. The third-order valence-corrected chi connectivity index (χ3v) is 9.09. The van der Waals surface area contributed by atoms with E-state index in [9.17, 15) is 14.5 Å². The van der Waals surface area contributed by atoms with E-state index in [-0.39, 0.29) is 24.5 Å². The van der Waals surface area contributed by atoms with Gasteiger partial charge in [0.1, 0.15) is 17.3 Å². The lowest BCUT2D eigenvalue weighted by atomic mass is 9.74. The Balaban J connectivity index is 2.12. The van der Waals surface area contributed by atoms with Crippen LogP contribution in [-0.2, 0) is 20.5 Å². The van der Waals surface area contributed by atoms with Gasteiger partial charge in [0, 0.05) is 17.4 Å². The van der Waals surface area contributed by atoms with Gasteiger partial charge in [0.25, 0.3) is 0 Å². The molecule has 2 aliphatic rings. The number of hydrogen-bond acceptors (Lipinski definition) is 7. The summed E-state index contributed by atoms with van der Waals surface area (Å²) < 4.78 is 37.6. The van der Waals surface area contributed by atoms with Gasteiger partial charge in [0.05, 0.1) is 18.2 Å². The monoisotopic (exact) mass is 563 g/mol. The third-order valence-electron chi connectivity index (χ3n) is 7.16. The first-order chi connectivity index (χ1) is 18.3. The van der Waals surface area contributed by atoms with Crippen molar-refractivity contribution < 1.29 is 33.2 Å². The number of benzene rings is 1. The van der Waals surface area contributed by atoms with Crippen LogP contribution in [0.2, 0.25) is 0 Å². The topological polar surface area (TPSA) is 103 Å². The fourth-order valence-electron chi connectivity index (χ4n) is 5.11. The Bertz CT molecular complexity index is 1130. The van der Waals surface area contributed by atoms with E-state index in [0.29, 0.717) is 17.3 Å². The van der Waals surface area contributed by atoms with Gasteiger partial charge in [-0.1, -0.05) is 38.0 Å². The van der Waals surface area contributed by atoms with Gasteiger partial charge in [0.2, 0.25) is 0 Å². The average molecular weight is 564 g/mol. The van der Waals surface area contributed by atoms with Crippen LogP contribution in [0.25, 0.3) is 0 Å². The summed E-state index contributed by atoms with van der Waals surface area (Å²) in [5, 5.41) is 13.5. The molecule has 4 atom stereocenters. The molecule has 1 aromatic rings. The van der Waals surface area contributed by atoms with Gasteiger partial charge in [-0.25, -0.2) is 14.4 Å². The molecule has 0 fully saturated rings. The fourth-order valence-corrected chi connectivity index (χ4v) is 6.92. The van der Waals surface area contributed by atoms with E-state index in [0.717, 1.165) is 49.7 Å². The van der Waals surface area contributed by atoms with Crippen LogP contribution in [0.15, 0.2) is 36.1 Å². The highest BCUT2D eigenvalue weighted by Gasteiger charge is 2.47. The molecule has 0 radical (unpaired) electrons. The molecule has 1 aliphatic carbocycles. The molecule has 9 heteroatoms. The van der Waals surface area contributed by atoms with Gasteiger partial charge in [-0.15, -0.1) is 0 Å². The number of ether oxygens (including phenoxy) is 3. The maximum Gasteiger partial charge on any atom is 0.424 e. The number of fused-ring (bicyclic) bond motifs is 3. The van der Waals surface area contributed by atoms with Crippen LogP contribution in [0.1, 0.15) is 97.6 Å². The first-order valence-corrected chi connectivity index (χ1v) is 15.7. The molecule has 0 spiro atoms. The lowest BCUT2D eigenvalue weighted by Gasteiger charge is -2.38. The van der Waals surface area contributed by atoms with E-state index in [1.165, 1.54) is 5.57 Å². The van der Waals surface area contributed by atoms with Crippen LogP contribution < -0.4 is 14.3 Å². The Labute approximate surface area is 233 Å². The summed E-state index contributed by atoms with van der Waals surface area (Å²) in [5.74, 6) is 1.57. The Kier molecular flexibility index (Phi) is 10.5. The molecular weight excluding hydrogens is 517 g/mol. The van der Waals surface area contributed by atoms with Gasteiger partial charge in [-0.2, -0.15) is 0 Å². The molecule has 0 amide bonds. The Morgan fingerprint density at radius 3 is 2.64 bits per heavy atom. The Morgan fingerprint density at radius 2 is 2.00 bits per heavy atom. The highest BCUT2D eigenvalue weighted by Crippen LogP contribution is 2.56. The molecule has 218 valence electrons. The Hall–Kier alpha value is -2.12. The van der Waals surface area contributed by atoms with Gasteiger partial charge >= 0.3 is 13.2 Å². The summed E-state index contributed by atoms with van der Waals surface area (Å²) in [6.45, 7) is 16.9. The number of carbonyl (C=O) groups excluding carboxylic acids is 1. The molecule has 1 heterocycles. The summed E-state index contributed by atoms with van der Waals surface area (Å²) >= 11 is 0. The second-order valence-corrected chi connectivity index (χ2v) is 13.3. The van der Waals surface area contributed by atoms with E-state index >= 15 is 0 Å². The summed E-state index contributed by atoms with van der Waals surface area (Å²) in [5.41, 5.74) is 0.622. The Morgan fingerprint density at radius 1 is 1.28 bits per heavy atom. The zero-order valence-electron chi connectivity index (χ0n) is 24.5. The zero-order valence-corrected chi connectivity index (χ0v) is 25.4. The molecule has 0 saturated heterocycles. The van der Waals surface area contributed by atoms with Gasteiger partial charge in [-0.3, -0.25) is 0 Å². The van der Waals surface area contributed by atoms with Crippen molar-refractivity contribution in [3.8, 4) is 11.5 Å². The highest BCUT2D eigenvalue weighted by molar-refractivity contribution is 7.74. The highest BCUT2D eigenvalue weighted by atomic mass is 31.2. The number of rotatable bonds is 13. The van der Waals surface area contributed by atoms with Crippen LogP contribution in [0.3, 0.4) is 0 Å². The number of aliphatic hydroxyl groups is 1. The normalized spacial score (nSPS) is 21.3. The van der Waals surface area contributed by atoms with Crippen molar-refractivity contribution in [2.45, 2.75) is 111 Å². The molecule has 0 aromatic heterocycles. The quantitative estimate of drug-likeness (QED) is 0.109. The zero-order chi connectivity index (χ0) is 29.0. The molecule has 4 unspecified atom stereocenters. The minimum absolute atomic E-state index is 0.0179. The number of carbonyl (C=O) groups is 1. The van der Waals surface area contributed by atoms with E-state index in [1.807, 2.05) is 12.1 Å². The second kappa shape index (κ2) is 13.0. The van der Waals surface area contributed by atoms with Crippen molar-refractivity contribution in [2.75, 3.05) is 6.61 Å². The van der Waals surface area contributed by atoms with Crippen LogP contribution in [-0.4, -0.2) is 35.4 Å². The fraction of sp³-hybridized carbons (Fsp3) is 0.633. The van der Waals surface area contributed by atoms with Gasteiger partial charge in [0.15, 0.2) is 6.29 Å². The molecule has 39 heavy (non-hydrogen) atoms. The van der Waals surface area contributed by atoms with E-state index < -0.39 is 25.1 Å². The van der Waals surface area contributed by atoms with Crippen molar-refractivity contribution in [3.63, 3.8) is 0 Å². The first kappa shape index (κ1) is 31.4. The average Bonchev–Trinajstić information content (AvgIpc) is 2.83. The molecule has 1 aliphatic heterocycles. The van der Waals surface area contributed by atoms with Gasteiger partial charge < -0.3 is 23.8 Å². The number of nitrogens with one attached hydrogen (secondary N) is 1. The van der Waals surface area contributed by atoms with E-state index in [4.69, 9.17) is 18.7 Å². The number of aliphatic hydroxyl groups excluding tert-OH is 1. The molecule has 0 bridgehead atoms. The maximum atomic E-state index is 14.4. The van der Waals surface area contributed by atoms with Crippen molar-refractivity contribution in [3.05, 3.63) is 47.2 Å². The lowest BCUT2D eigenvalue weighted by molar-refractivity contribution is -0.161. The molecule has 2 N–H and O–H groups in total. The standard InChI is InChI=1S/C30H46NO7P/c1-9-11-12-13-22-17-25-27(24-16-20(5)14-15-23(24)21(6)37-25)26(18-22)38-39(34,29(33)35-10-2)31-30(7,8)28(32)36-19(3)4/h16-19,23-24,28,32H,6,9-15H2,1-5,7-8H3,(H,31,34). The van der Waals surface area contributed by atoms with Crippen LogP contribution in [0.5, 0.6) is 11.5 Å². The van der Waals surface area contributed by atoms with Crippen molar-refractivity contribution in [1.82, 2.24) is 5.09 Å². The van der Waals surface area contributed by atoms with E-state index in [1.54, 1.807) is 34.6 Å². The third kappa shape index (κ3) is 7.55. The minimum Gasteiger partial charge on any atom is -0.462 e.